The molecule has 0 spiro atoms. The van der Waals surface area contributed by atoms with Crippen LogP contribution in [0.4, 0.5) is 5.69 Å². The standard InChI is InChI=1S/C14H9Cl3N2/c15-11-5-12(16)14(13(17)6-11)19-8-10-3-1-2-9(4-10)7-18/h1-6,19H,8H2. The third-order valence-electron chi connectivity index (χ3n) is 2.53. The Morgan fingerprint density at radius 2 is 1.74 bits per heavy atom. The molecule has 0 saturated carbocycles. The van der Waals surface area contributed by atoms with Crippen molar-refractivity contribution in [1.82, 2.24) is 0 Å². The fourth-order valence-corrected chi connectivity index (χ4v) is 2.60. The minimum Gasteiger partial charge on any atom is -0.379 e. The molecule has 19 heavy (non-hydrogen) atoms. The van der Waals surface area contributed by atoms with E-state index in [2.05, 4.69) is 11.4 Å². The van der Waals surface area contributed by atoms with E-state index in [-0.39, 0.29) is 0 Å². The maximum atomic E-state index is 8.84. The highest BCUT2D eigenvalue weighted by atomic mass is 35.5. The summed E-state index contributed by atoms with van der Waals surface area (Å²) in [6.07, 6.45) is 0. The summed E-state index contributed by atoms with van der Waals surface area (Å²) < 4.78 is 0. The molecule has 0 aliphatic heterocycles. The molecule has 2 aromatic rings. The molecule has 0 radical (unpaired) electrons. The Morgan fingerprint density at radius 3 is 2.37 bits per heavy atom. The molecule has 0 aliphatic carbocycles. The first-order valence-electron chi connectivity index (χ1n) is 5.47. The molecule has 2 nitrogen and oxygen atoms in total. The predicted molar refractivity (Wildman–Crippen MR) is 80.0 cm³/mol. The van der Waals surface area contributed by atoms with Crippen molar-refractivity contribution < 1.29 is 0 Å². The first kappa shape index (κ1) is 14.0. The fraction of sp³-hybridized carbons (Fsp3) is 0.0714. The molecule has 0 fully saturated rings. The van der Waals surface area contributed by atoms with E-state index >= 15 is 0 Å². The normalized spacial score (nSPS) is 10.0. The minimum atomic E-state index is 0.467. The lowest BCUT2D eigenvalue weighted by Gasteiger charge is -2.11. The molecule has 2 rings (SSSR count). The van der Waals surface area contributed by atoms with Gasteiger partial charge in [-0.3, -0.25) is 0 Å². The van der Waals surface area contributed by atoms with Crippen LogP contribution in [0.25, 0.3) is 0 Å². The fourth-order valence-electron chi connectivity index (χ4n) is 1.65. The van der Waals surface area contributed by atoms with Gasteiger partial charge in [0.05, 0.1) is 27.4 Å². The average molecular weight is 312 g/mol. The number of anilines is 1. The quantitative estimate of drug-likeness (QED) is 0.853. The van der Waals surface area contributed by atoms with Crippen LogP contribution in [0.1, 0.15) is 11.1 Å². The van der Waals surface area contributed by atoms with Crippen LogP contribution in [0, 0.1) is 11.3 Å². The van der Waals surface area contributed by atoms with E-state index in [1.165, 1.54) is 0 Å². The van der Waals surface area contributed by atoms with Crippen molar-refractivity contribution in [3.8, 4) is 6.07 Å². The molecule has 96 valence electrons. The van der Waals surface area contributed by atoms with Crippen LogP contribution in [0.5, 0.6) is 0 Å². The van der Waals surface area contributed by atoms with Crippen LogP contribution in [0.2, 0.25) is 15.1 Å². The molecule has 5 heteroatoms. The van der Waals surface area contributed by atoms with Crippen molar-refractivity contribution in [3.63, 3.8) is 0 Å². The van der Waals surface area contributed by atoms with E-state index in [4.69, 9.17) is 40.1 Å². The lowest BCUT2D eigenvalue weighted by Crippen LogP contribution is -2.01. The summed E-state index contributed by atoms with van der Waals surface area (Å²) in [5.74, 6) is 0. The van der Waals surface area contributed by atoms with Gasteiger partial charge in [0, 0.05) is 11.6 Å². The summed E-state index contributed by atoms with van der Waals surface area (Å²) in [6.45, 7) is 0.524. The Hall–Kier alpha value is -1.40. The summed E-state index contributed by atoms with van der Waals surface area (Å²) in [4.78, 5) is 0. The summed E-state index contributed by atoms with van der Waals surface area (Å²) in [5, 5.41) is 13.4. The van der Waals surface area contributed by atoms with Crippen LogP contribution in [-0.2, 0) is 6.54 Å². The summed E-state index contributed by atoms with van der Waals surface area (Å²) in [5.41, 5.74) is 2.23. The van der Waals surface area contributed by atoms with E-state index in [0.717, 1.165) is 5.56 Å². The Morgan fingerprint density at radius 1 is 1.05 bits per heavy atom. The second-order valence-corrected chi connectivity index (χ2v) is 5.16. The zero-order valence-corrected chi connectivity index (χ0v) is 12.0. The minimum absolute atomic E-state index is 0.467. The van der Waals surface area contributed by atoms with Crippen LogP contribution in [-0.4, -0.2) is 0 Å². The third-order valence-corrected chi connectivity index (χ3v) is 3.35. The molecule has 0 aliphatic rings. The van der Waals surface area contributed by atoms with Gasteiger partial charge in [-0.15, -0.1) is 0 Å². The SMILES string of the molecule is N#Cc1cccc(CNc2c(Cl)cc(Cl)cc2Cl)c1. The van der Waals surface area contributed by atoms with Gasteiger partial charge in [-0.2, -0.15) is 5.26 Å². The average Bonchev–Trinajstić information content (AvgIpc) is 2.37. The highest BCUT2D eigenvalue weighted by Gasteiger charge is 2.07. The van der Waals surface area contributed by atoms with Gasteiger partial charge in [-0.05, 0) is 29.8 Å². The van der Waals surface area contributed by atoms with E-state index in [0.29, 0.717) is 32.9 Å². The van der Waals surface area contributed by atoms with Crippen molar-refractivity contribution >= 4 is 40.5 Å². The monoisotopic (exact) mass is 310 g/mol. The van der Waals surface area contributed by atoms with Crippen molar-refractivity contribution in [2.24, 2.45) is 0 Å². The van der Waals surface area contributed by atoms with E-state index in [1.807, 2.05) is 18.2 Å². The van der Waals surface area contributed by atoms with E-state index < -0.39 is 0 Å². The van der Waals surface area contributed by atoms with Crippen LogP contribution in [0.3, 0.4) is 0 Å². The van der Waals surface area contributed by atoms with Gasteiger partial charge in [-0.25, -0.2) is 0 Å². The number of rotatable bonds is 3. The lowest BCUT2D eigenvalue weighted by molar-refractivity contribution is 1.15. The number of nitrogens with one attached hydrogen (secondary N) is 1. The molecule has 0 aromatic heterocycles. The second-order valence-electron chi connectivity index (χ2n) is 3.91. The molecule has 2 aromatic carbocycles. The number of benzene rings is 2. The molecule has 0 heterocycles. The Labute approximate surface area is 126 Å². The first-order chi connectivity index (χ1) is 9.10. The smallest absolute Gasteiger partial charge is 0.0991 e. The van der Waals surface area contributed by atoms with Gasteiger partial charge in [-0.1, -0.05) is 46.9 Å². The summed E-state index contributed by atoms with van der Waals surface area (Å²) in [6, 6.07) is 12.7. The zero-order valence-electron chi connectivity index (χ0n) is 9.75. The van der Waals surface area contributed by atoms with Gasteiger partial charge in [0.1, 0.15) is 0 Å². The number of nitriles is 1. The van der Waals surface area contributed by atoms with Crippen molar-refractivity contribution in [3.05, 3.63) is 62.6 Å². The molecular formula is C14H9Cl3N2. The molecule has 0 bridgehead atoms. The lowest BCUT2D eigenvalue weighted by atomic mass is 10.1. The highest BCUT2D eigenvalue weighted by molar-refractivity contribution is 6.41. The Balaban J connectivity index is 2.17. The van der Waals surface area contributed by atoms with Crippen molar-refractivity contribution in [1.29, 1.82) is 5.26 Å². The summed E-state index contributed by atoms with van der Waals surface area (Å²) in [7, 11) is 0. The van der Waals surface area contributed by atoms with Gasteiger partial charge in [0.2, 0.25) is 0 Å². The van der Waals surface area contributed by atoms with E-state index in [1.54, 1.807) is 18.2 Å². The van der Waals surface area contributed by atoms with Crippen molar-refractivity contribution in [2.45, 2.75) is 6.54 Å². The molecule has 0 amide bonds. The van der Waals surface area contributed by atoms with Crippen LogP contribution < -0.4 is 5.32 Å². The highest BCUT2D eigenvalue weighted by Crippen LogP contribution is 2.33. The maximum absolute atomic E-state index is 8.84. The van der Waals surface area contributed by atoms with Crippen LogP contribution >= 0.6 is 34.8 Å². The molecule has 1 N–H and O–H groups in total. The van der Waals surface area contributed by atoms with Gasteiger partial charge in [0.15, 0.2) is 0 Å². The van der Waals surface area contributed by atoms with Crippen LogP contribution in [0.15, 0.2) is 36.4 Å². The Kier molecular flexibility index (Phi) is 4.55. The second kappa shape index (κ2) is 6.16. The largest absolute Gasteiger partial charge is 0.379 e. The predicted octanol–water partition coefficient (Wildman–Crippen LogP) is 5.13. The first-order valence-corrected chi connectivity index (χ1v) is 6.61. The third kappa shape index (κ3) is 3.54. The topological polar surface area (TPSA) is 35.8 Å². The Bertz CT molecular complexity index is 624. The van der Waals surface area contributed by atoms with Gasteiger partial charge in [0.25, 0.3) is 0 Å². The number of hydrogen-bond acceptors (Lipinski definition) is 2. The maximum Gasteiger partial charge on any atom is 0.0991 e. The number of nitrogens with zero attached hydrogens (tertiary/aromatic N) is 1. The van der Waals surface area contributed by atoms with E-state index in [9.17, 15) is 0 Å². The molecule has 0 saturated heterocycles. The zero-order chi connectivity index (χ0) is 13.8. The van der Waals surface area contributed by atoms with Crippen molar-refractivity contribution in [2.75, 3.05) is 5.32 Å². The number of hydrogen-bond donors (Lipinski definition) is 1. The van der Waals surface area contributed by atoms with Gasteiger partial charge >= 0.3 is 0 Å². The molecule has 0 atom stereocenters. The van der Waals surface area contributed by atoms with Gasteiger partial charge < -0.3 is 5.32 Å². The molecule has 0 unspecified atom stereocenters. The summed E-state index contributed by atoms with van der Waals surface area (Å²) >= 11 is 18.0. The molecular weight excluding hydrogens is 303 g/mol. The number of halogens is 3.